The number of nitrogens with two attached hydrogens (primary N) is 1. The van der Waals surface area contributed by atoms with E-state index in [0.717, 1.165) is 24.2 Å². The van der Waals surface area contributed by atoms with E-state index in [4.69, 9.17) is 5.73 Å². The molecule has 2 N–H and O–H groups in total. The largest absolute Gasteiger partial charge is 0.399 e. The summed E-state index contributed by atoms with van der Waals surface area (Å²) in [5.74, 6) is -1.07. The fraction of sp³-hybridized carbons (Fsp3) is 0.421. The van der Waals surface area contributed by atoms with E-state index in [0.29, 0.717) is 11.4 Å². The number of piperidine rings is 1. The van der Waals surface area contributed by atoms with E-state index in [1.807, 2.05) is 11.0 Å². The Balaban J connectivity index is 2.35. The first kappa shape index (κ1) is 18.5. The van der Waals surface area contributed by atoms with Crippen LogP contribution in [0.4, 0.5) is 11.4 Å². The first-order valence-electron chi connectivity index (χ1n) is 8.45. The van der Waals surface area contributed by atoms with Gasteiger partial charge in [0.2, 0.25) is 5.91 Å². The maximum Gasteiger partial charge on any atom is 0.277 e. The van der Waals surface area contributed by atoms with Gasteiger partial charge in [-0.05, 0) is 57.4 Å². The lowest BCUT2D eigenvalue weighted by Crippen LogP contribution is -2.41. The molecule has 1 aliphatic rings. The third kappa shape index (κ3) is 4.18. The molecule has 2 rings (SSSR count). The highest BCUT2D eigenvalue weighted by molar-refractivity contribution is 6.21. The summed E-state index contributed by atoms with van der Waals surface area (Å²) in [4.78, 5) is 27.9. The van der Waals surface area contributed by atoms with E-state index in [1.54, 1.807) is 30.5 Å². The van der Waals surface area contributed by atoms with Gasteiger partial charge in [0.05, 0.1) is 5.69 Å². The van der Waals surface area contributed by atoms with Crippen LogP contribution in [0.15, 0.2) is 36.0 Å². The third-order valence-electron chi connectivity index (χ3n) is 4.56. The van der Waals surface area contributed by atoms with E-state index in [-0.39, 0.29) is 17.7 Å². The Morgan fingerprint density at radius 1 is 1.24 bits per heavy atom. The highest BCUT2D eigenvalue weighted by Gasteiger charge is 2.27. The molecule has 6 nitrogen and oxygen atoms in total. The molecule has 2 atom stereocenters. The van der Waals surface area contributed by atoms with Crippen molar-refractivity contribution in [3.8, 4) is 6.07 Å². The Bertz CT molecular complexity index is 708. The Morgan fingerprint density at radius 3 is 2.28 bits per heavy atom. The van der Waals surface area contributed by atoms with Gasteiger partial charge in [-0.1, -0.05) is 0 Å². The maximum absolute atomic E-state index is 12.8. The second-order valence-corrected chi connectivity index (χ2v) is 6.48. The predicted octanol–water partition coefficient (Wildman–Crippen LogP) is 2.82. The number of amides is 2. The fourth-order valence-corrected chi connectivity index (χ4v) is 3.16. The number of benzene rings is 1. The molecule has 1 fully saturated rings. The van der Waals surface area contributed by atoms with E-state index >= 15 is 0 Å². The lowest BCUT2D eigenvalue weighted by atomic mass is 9.98. The number of carbonyl (C=O) groups excluding carboxylic acids is 2. The normalized spacial score (nSPS) is 20.7. The molecular formula is C19H24N4O2. The number of nitrogens with zero attached hydrogens (tertiary/aromatic N) is 3. The molecule has 0 aromatic heterocycles. The number of likely N-dealkylation sites (tertiary alicyclic amines) is 1. The summed E-state index contributed by atoms with van der Waals surface area (Å²) < 4.78 is 0. The molecule has 0 bridgehead atoms. The Morgan fingerprint density at radius 2 is 1.80 bits per heavy atom. The second kappa shape index (κ2) is 7.84. The zero-order valence-electron chi connectivity index (χ0n) is 14.9. The molecule has 1 heterocycles. The molecule has 2 unspecified atom stereocenters. The Hall–Kier alpha value is -2.81. The van der Waals surface area contributed by atoms with Gasteiger partial charge in [-0.2, -0.15) is 5.26 Å². The lowest BCUT2D eigenvalue weighted by molar-refractivity contribution is -0.123. The first-order chi connectivity index (χ1) is 11.8. The topological polar surface area (TPSA) is 90.4 Å². The van der Waals surface area contributed by atoms with Crippen LogP contribution in [0.1, 0.15) is 40.0 Å². The number of hydrogen-bond donors (Lipinski definition) is 1. The molecule has 0 saturated carbocycles. The van der Waals surface area contributed by atoms with Crippen molar-refractivity contribution in [3.63, 3.8) is 0 Å². The summed E-state index contributed by atoms with van der Waals surface area (Å²) in [5.41, 5.74) is 6.54. The average Bonchev–Trinajstić information content (AvgIpc) is 2.56. The summed E-state index contributed by atoms with van der Waals surface area (Å²) in [6.07, 6.45) is 4.77. The summed E-state index contributed by atoms with van der Waals surface area (Å²) in [5, 5.41) is 9.50. The standard InChI is InChI=1S/C19H24N4O2/c1-13-5-4-6-14(2)22(13)12-16(11-20)19(25)23(15(3)24)18-9-7-17(21)8-10-18/h7-10,12-14H,4-6,21H2,1-3H3/b16-12-. The van der Waals surface area contributed by atoms with Crippen molar-refractivity contribution in [1.82, 2.24) is 4.90 Å². The van der Waals surface area contributed by atoms with Crippen LogP contribution < -0.4 is 10.6 Å². The zero-order chi connectivity index (χ0) is 18.6. The number of nitriles is 1. The van der Waals surface area contributed by atoms with E-state index in [9.17, 15) is 14.9 Å². The third-order valence-corrected chi connectivity index (χ3v) is 4.56. The van der Waals surface area contributed by atoms with Gasteiger partial charge in [0, 0.05) is 30.9 Å². The van der Waals surface area contributed by atoms with Crippen molar-refractivity contribution in [2.24, 2.45) is 0 Å². The van der Waals surface area contributed by atoms with Gasteiger partial charge < -0.3 is 10.6 Å². The molecule has 132 valence electrons. The van der Waals surface area contributed by atoms with Crippen molar-refractivity contribution in [3.05, 3.63) is 36.0 Å². The highest BCUT2D eigenvalue weighted by atomic mass is 16.2. The number of hydrogen-bond acceptors (Lipinski definition) is 5. The molecule has 0 radical (unpaired) electrons. The monoisotopic (exact) mass is 340 g/mol. The zero-order valence-corrected chi connectivity index (χ0v) is 14.9. The summed E-state index contributed by atoms with van der Waals surface area (Å²) >= 11 is 0. The van der Waals surface area contributed by atoms with Gasteiger partial charge in [-0.3, -0.25) is 9.59 Å². The maximum atomic E-state index is 12.8. The van der Waals surface area contributed by atoms with Crippen LogP contribution >= 0.6 is 0 Å². The summed E-state index contributed by atoms with van der Waals surface area (Å²) in [7, 11) is 0. The van der Waals surface area contributed by atoms with Crippen molar-refractivity contribution in [2.75, 3.05) is 10.6 Å². The van der Waals surface area contributed by atoms with Crippen LogP contribution in [-0.4, -0.2) is 28.8 Å². The predicted molar refractivity (Wildman–Crippen MR) is 97.3 cm³/mol. The van der Waals surface area contributed by atoms with Gasteiger partial charge in [0.15, 0.2) is 0 Å². The summed E-state index contributed by atoms with van der Waals surface area (Å²) in [6.45, 7) is 5.46. The van der Waals surface area contributed by atoms with Crippen LogP contribution in [0.3, 0.4) is 0 Å². The number of nitrogen functional groups attached to an aromatic ring is 1. The van der Waals surface area contributed by atoms with Gasteiger partial charge in [0.1, 0.15) is 11.6 Å². The molecule has 1 aliphatic heterocycles. The molecule has 0 aliphatic carbocycles. The van der Waals surface area contributed by atoms with Crippen molar-refractivity contribution < 1.29 is 9.59 Å². The molecule has 25 heavy (non-hydrogen) atoms. The Labute approximate surface area is 148 Å². The fourth-order valence-electron chi connectivity index (χ4n) is 3.16. The minimum absolute atomic E-state index is 0.0485. The lowest BCUT2D eigenvalue weighted by Gasteiger charge is -2.38. The van der Waals surface area contributed by atoms with Gasteiger partial charge in [-0.25, -0.2) is 4.90 Å². The molecule has 1 saturated heterocycles. The van der Waals surface area contributed by atoms with Crippen LogP contribution in [0.25, 0.3) is 0 Å². The highest BCUT2D eigenvalue weighted by Crippen LogP contribution is 2.25. The molecule has 1 aromatic rings. The molecule has 2 amide bonds. The average molecular weight is 340 g/mol. The quantitative estimate of drug-likeness (QED) is 0.519. The van der Waals surface area contributed by atoms with Crippen LogP contribution in [0.2, 0.25) is 0 Å². The first-order valence-corrected chi connectivity index (χ1v) is 8.45. The second-order valence-electron chi connectivity index (χ2n) is 6.48. The van der Waals surface area contributed by atoms with Crippen molar-refractivity contribution in [1.29, 1.82) is 5.26 Å². The molecule has 1 aromatic carbocycles. The van der Waals surface area contributed by atoms with E-state index < -0.39 is 11.8 Å². The smallest absolute Gasteiger partial charge is 0.277 e. The van der Waals surface area contributed by atoms with Crippen molar-refractivity contribution >= 4 is 23.2 Å². The van der Waals surface area contributed by atoms with Crippen LogP contribution in [0, 0.1) is 11.3 Å². The molecular weight excluding hydrogens is 316 g/mol. The summed E-state index contributed by atoms with van der Waals surface area (Å²) in [6, 6.07) is 8.88. The number of imide groups is 1. The SMILES string of the molecule is CC(=O)N(C(=O)/C(C#N)=C\N1C(C)CCCC1C)c1ccc(N)cc1. The van der Waals surface area contributed by atoms with Crippen LogP contribution in [0.5, 0.6) is 0 Å². The molecule has 0 spiro atoms. The minimum Gasteiger partial charge on any atom is -0.399 e. The number of carbonyl (C=O) groups is 2. The van der Waals surface area contributed by atoms with Gasteiger partial charge in [-0.15, -0.1) is 0 Å². The van der Waals surface area contributed by atoms with Gasteiger partial charge >= 0.3 is 0 Å². The van der Waals surface area contributed by atoms with Gasteiger partial charge in [0.25, 0.3) is 5.91 Å². The van der Waals surface area contributed by atoms with E-state index in [1.165, 1.54) is 6.92 Å². The molecule has 6 heteroatoms. The van der Waals surface area contributed by atoms with Crippen LogP contribution in [-0.2, 0) is 9.59 Å². The van der Waals surface area contributed by atoms with Crippen molar-refractivity contribution in [2.45, 2.75) is 52.1 Å². The number of rotatable bonds is 3. The minimum atomic E-state index is -0.621. The van der Waals surface area contributed by atoms with E-state index in [2.05, 4.69) is 13.8 Å². The number of anilines is 2. The Kier molecular flexibility index (Phi) is 5.81.